The topological polar surface area (TPSA) is 43.4 Å². The van der Waals surface area contributed by atoms with E-state index in [2.05, 4.69) is 0 Å². The molecule has 0 bridgehead atoms. The minimum atomic E-state index is -0.138. The summed E-state index contributed by atoms with van der Waals surface area (Å²) in [7, 11) is 0. The van der Waals surface area contributed by atoms with Crippen LogP contribution < -0.4 is 0 Å². The Bertz CT molecular complexity index is 223. The molecule has 0 aromatic carbocycles. The summed E-state index contributed by atoms with van der Waals surface area (Å²) in [6.45, 7) is 2.25. The molecule has 1 saturated carbocycles. The lowest BCUT2D eigenvalue weighted by Crippen LogP contribution is -2.19. The summed E-state index contributed by atoms with van der Waals surface area (Å²) in [4.78, 5) is 22.5. The van der Waals surface area contributed by atoms with Gasteiger partial charge in [0.25, 0.3) is 0 Å². The van der Waals surface area contributed by atoms with Gasteiger partial charge in [-0.25, -0.2) is 0 Å². The fourth-order valence-corrected chi connectivity index (χ4v) is 2.09. The monoisotopic (exact) mass is 212 g/mol. The minimum Gasteiger partial charge on any atom is -0.466 e. The first-order valence-corrected chi connectivity index (χ1v) is 5.92. The van der Waals surface area contributed by atoms with Crippen LogP contribution in [0, 0.1) is 5.92 Å². The molecule has 1 unspecified atom stereocenters. The highest BCUT2D eigenvalue weighted by molar-refractivity contribution is 5.81. The maximum atomic E-state index is 11.5. The number of Topliss-reactive ketones (excluding diaryl/α,β-unsaturated/α-hetero) is 1. The van der Waals surface area contributed by atoms with E-state index in [4.69, 9.17) is 4.74 Å². The quantitative estimate of drug-likeness (QED) is 0.657. The predicted octanol–water partition coefficient (Wildman–Crippen LogP) is 2.48. The molecule has 15 heavy (non-hydrogen) atoms. The van der Waals surface area contributed by atoms with Crippen LogP contribution in [0.5, 0.6) is 0 Å². The lowest BCUT2D eigenvalue weighted by Gasteiger charge is -2.19. The summed E-state index contributed by atoms with van der Waals surface area (Å²) in [6.07, 6.45) is 6.07. The van der Waals surface area contributed by atoms with Gasteiger partial charge in [0.2, 0.25) is 0 Å². The Labute approximate surface area is 91.2 Å². The van der Waals surface area contributed by atoms with E-state index in [1.54, 1.807) is 0 Å². The van der Waals surface area contributed by atoms with Crippen molar-refractivity contribution in [2.75, 3.05) is 6.61 Å². The minimum absolute atomic E-state index is 0.138. The molecule has 3 heteroatoms. The third-order valence-corrected chi connectivity index (χ3v) is 2.92. The van der Waals surface area contributed by atoms with E-state index in [1.807, 2.05) is 6.92 Å². The van der Waals surface area contributed by atoms with Crippen LogP contribution in [-0.2, 0) is 14.3 Å². The van der Waals surface area contributed by atoms with Gasteiger partial charge in [0.1, 0.15) is 5.78 Å². The van der Waals surface area contributed by atoms with Crippen molar-refractivity contribution >= 4 is 11.8 Å². The van der Waals surface area contributed by atoms with Gasteiger partial charge in [-0.2, -0.15) is 0 Å². The second-order valence-electron chi connectivity index (χ2n) is 4.11. The van der Waals surface area contributed by atoms with E-state index < -0.39 is 0 Å². The molecule has 0 heterocycles. The van der Waals surface area contributed by atoms with Crippen LogP contribution in [-0.4, -0.2) is 18.4 Å². The molecule has 0 aromatic rings. The average Bonchev–Trinajstić information content (AvgIpc) is 2.21. The lowest BCUT2D eigenvalue weighted by atomic mass is 9.84. The molecule has 3 nitrogen and oxygen atoms in total. The zero-order chi connectivity index (χ0) is 11.1. The number of ketones is 1. The summed E-state index contributed by atoms with van der Waals surface area (Å²) in [5.41, 5.74) is 0. The maximum Gasteiger partial charge on any atom is 0.305 e. The van der Waals surface area contributed by atoms with Gasteiger partial charge < -0.3 is 4.74 Å². The number of rotatable bonds is 5. The van der Waals surface area contributed by atoms with Crippen LogP contribution >= 0.6 is 0 Å². The third-order valence-electron chi connectivity index (χ3n) is 2.92. The average molecular weight is 212 g/mol. The first kappa shape index (κ1) is 12.2. The van der Waals surface area contributed by atoms with Gasteiger partial charge in [-0.3, -0.25) is 9.59 Å². The fraction of sp³-hybridized carbons (Fsp3) is 0.833. The Morgan fingerprint density at radius 2 is 2.27 bits per heavy atom. The highest BCUT2D eigenvalue weighted by Crippen LogP contribution is 2.24. The molecule has 0 spiro atoms. The van der Waals surface area contributed by atoms with Crippen molar-refractivity contribution in [3.8, 4) is 0 Å². The van der Waals surface area contributed by atoms with Crippen LogP contribution in [0.3, 0.4) is 0 Å². The van der Waals surface area contributed by atoms with Crippen molar-refractivity contribution in [3.63, 3.8) is 0 Å². The van der Waals surface area contributed by atoms with E-state index in [-0.39, 0.29) is 11.9 Å². The molecular weight excluding hydrogens is 192 g/mol. The van der Waals surface area contributed by atoms with Crippen molar-refractivity contribution in [2.45, 2.75) is 51.9 Å². The maximum absolute atomic E-state index is 11.5. The molecule has 0 radical (unpaired) electrons. The third kappa shape index (κ3) is 4.45. The van der Waals surface area contributed by atoms with Gasteiger partial charge in [0.15, 0.2) is 0 Å². The van der Waals surface area contributed by atoms with Crippen molar-refractivity contribution < 1.29 is 14.3 Å². The molecule has 1 fully saturated rings. The summed E-state index contributed by atoms with van der Waals surface area (Å²) < 4.78 is 4.83. The molecule has 1 atom stereocenters. The highest BCUT2D eigenvalue weighted by atomic mass is 16.5. The number of esters is 1. The van der Waals surface area contributed by atoms with Gasteiger partial charge in [-0.1, -0.05) is 6.42 Å². The largest absolute Gasteiger partial charge is 0.466 e. The first-order chi connectivity index (χ1) is 7.24. The molecule has 0 aromatic heterocycles. The number of carbonyl (C=O) groups excluding carboxylic acids is 2. The Balaban J connectivity index is 2.13. The van der Waals surface area contributed by atoms with E-state index in [0.717, 1.165) is 38.5 Å². The lowest BCUT2D eigenvalue weighted by molar-refractivity contribution is -0.143. The fourth-order valence-electron chi connectivity index (χ4n) is 2.09. The second kappa shape index (κ2) is 6.59. The molecule has 1 aliphatic carbocycles. The smallest absolute Gasteiger partial charge is 0.305 e. The molecule has 0 amide bonds. The van der Waals surface area contributed by atoms with Gasteiger partial charge in [-0.05, 0) is 32.6 Å². The summed E-state index contributed by atoms with van der Waals surface area (Å²) in [5, 5.41) is 0. The van der Waals surface area contributed by atoms with Crippen molar-refractivity contribution in [1.29, 1.82) is 0 Å². The highest BCUT2D eigenvalue weighted by Gasteiger charge is 2.21. The van der Waals surface area contributed by atoms with Crippen LogP contribution in [0.4, 0.5) is 0 Å². The van der Waals surface area contributed by atoms with E-state index in [9.17, 15) is 9.59 Å². The van der Waals surface area contributed by atoms with Crippen LogP contribution in [0.1, 0.15) is 51.9 Å². The van der Waals surface area contributed by atoms with Gasteiger partial charge in [0.05, 0.1) is 6.61 Å². The second-order valence-corrected chi connectivity index (χ2v) is 4.11. The number of carbonyl (C=O) groups is 2. The van der Waals surface area contributed by atoms with E-state index in [0.29, 0.717) is 18.8 Å². The van der Waals surface area contributed by atoms with Gasteiger partial charge >= 0.3 is 5.97 Å². The van der Waals surface area contributed by atoms with E-state index in [1.165, 1.54) is 0 Å². The number of hydrogen-bond acceptors (Lipinski definition) is 3. The normalized spacial score (nSPS) is 21.4. The van der Waals surface area contributed by atoms with Crippen molar-refractivity contribution in [1.82, 2.24) is 0 Å². The number of ether oxygens (including phenoxy) is 1. The van der Waals surface area contributed by atoms with Gasteiger partial charge in [-0.15, -0.1) is 0 Å². The Kier molecular flexibility index (Phi) is 5.37. The summed E-state index contributed by atoms with van der Waals surface area (Å²) in [6, 6.07) is 0. The molecule has 86 valence electrons. The molecular formula is C12H20O3. The molecule has 1 rings (SSSR count). The standard InChI is InChI=1S/C12H20O3/c1-2-15-12(14)9-5-7-10-6-3-4-8-11(10)13/h10H,2-9H2,1H3. The summed E-state index contributed by atoms with van der Waals surface area (Å²) in [5.74, 6) is 0.471. The van der Waals surface area contributed by atoms with Crippen LogP contribution in [0.15, 0.2) is 0 Å². The SMILES string of the molecule is CCOC(=O)CCCC1CCCCC1=O. The molecule has 0 saturated heterocycles. The first-order valence-electron chi connectivity index (χ1n) is 5.92. The molecule has 0 aliphatic heterocycles. The summed E-state index contributed by atoms with van der Waals surface area (Å²) >= 11 is 0. The van der Waals surface area contributed by atoms with Crippen molar-refractivity contribution in [2.24, 2.45) is 5.92 Å². The number of hydrogen-bond donors (Lipinski definition) is 0. The van der Waals surface area contributed by atoms with Crippen molar-refractivity contribution in [3.05, 3.63) is 0 Å². The Hall–Kier alpha value is -0.860. The molecule has 0 N–H and O–H groups in total. The van der Waals surface area contributed by atoms with E-state index >= 15 is 0 Å². The molecule has 1 aliphatic rings. The zero-order valence-electron chi connectivity index (χ0n) is 9.46. The van der Waals surface area contributed by atoms with Gasteiger partial charge in [0, 0.05) is 18.8 Å². The Morgan fingerprint density at radius 1 is 1.47 bits per heavy atom. The van der Waals surface area contributed by atoms with Crippen LogP contribution in [0.2, 0.25) is 0 Å². The Morgan fingerprint density at radius 3 is 2.93 bits per heavy atom. The predicted molar refractivity (Wildman–Crippen MR) is 57.4 cm³/mol. The zero-order valence-corrected chi connectivity index (χ0v) is 9.46. The van der Waals surface area contributed by atoms with Crippen LogP contribution in [0.25, 0.3) is 0 Å².